The summed E-state index contributed by atoms with van der Waals surface area (Å²) in [5.41, 5.74) is 2.03. The van der Waals surface area contributed by atoms with Gasteiger partial charge in [-0.05, 0) is 48.5 Å². The summed E-state index contributed by atoms with van der Waals surface area (Å²) in [6.07, 6.45) is -0.842. The molecule has 3 aliphatic heterocycles. The summed E-state index contributed by atoms with van der Waals surface area (Å²) < 4.78 is 10.9. The van der Waals surface area contributed by atoms with E-state index in [4.69, 9.17) is 21.7 Å². The van der Waals surface area contributed by atoms with Gasteiger partial charge in [0.15, 0.2) is 5.11 Å². The molecule has 6 nitrogen and oxygen atoms in total. The van der Waals surface area contributed by atoms with Crippen LogP contribution in [-0.2, 0) is 16.1 Å². The predicted molar refractivity (Wildman–Crippen MR) is 112 cm³/mol. The smallest absolute Gasteiger partial charge is 0.311 e. The molecule has 3 heterocycles. The quantitative estimate of drug-likeness (QED) is 0.613. The summed E-state index contributed by atoms with van der Waals surface area (Å²) in [6.45, 7) is 0.570. The van der Waals surface area contributed by atoms with Crippen LogP contribution in [0.2, 0.25) is 0 Å². The molecule has 1 N–H and O–H groups in total. The molecule has 0 radical (unpaired) electrons. The molecule has 0 aromatic heterocycles. The lowest BCUT2D eigenvalue weighted by Crippen LogP contribution is -2.66. The van der Waals surface area contributed by atoms with E-state index in [1.54, 1.807) is 7.11 Å². The minimum atomic E-state index is -0.671. The molecule has 2 bridgehead atoms. The minimum Gasteiger partial charge on any atom is -0.497 e. The van der Waals surface area contributed by atoms with Crippen LogP contribution < -0.4 is 9.64 Å². The van der Waals surface area contributed by atoms with Gasteiger partial charge >= 0.3 is 5.97 Å². The number of aliphatic hydroxyl groups is 1. The highest BCUT2D eigenvalue weighted by molar-refractivity contribution is 7.80. The second-order valence-corrected chi connectivity index (χ2v) is 8.12. The SMILES string of the molecule is COc1ccc(CN2C(=S)N(c3ccccc3)[C@H]3[C@H]2[C@H]2OC(=O)[C@H]3C[C@H]2O)cc1. The Bertz CT molecular complexity index is 936. The minimum absolute atomic E-state index is 0.141. The molecule has 0 unspecified atom stereocenters. The molecule has 2 aromatic carbocycles. The van der Waals surface area contributed by atoms with E-state index < -0.39 is 18.1 Å². The number of carbonyl (C=O) groups excluding carboxylic acids is 1. The molecule has 1 saturated carbocycles. The number of nitrogens with zero attached hydrogens (tertiary/aromatic N) is 2. The van der Waals surface area contributed by atoms with E-state index in [1.807, 2.05) is 54.6 Å². The third-order valence-corrected chi connectivity index (χ3v) is 6.62. The third kappa shape index (κ3) is 2.88. The lowest BCUT2D eigenvalue weighted by Gasteiger charge is -2.49. The number of aliphatic hydroxyl groups excluding tert-OH is 1. The summed E-state index contributed by atoms with van der Waals surface area (Å²) in [4.78, 5) is 16.7. The maximum absolute atomic E-state index is 12.5. The number of thiocarbonyl (C=S) groups is 1. The largest absolute Gasteiger partial charge is 0.497 e. The van der Waals surface area contributed by atoms with E-state index in [0.717, 1.165) is 17.0 Å². The molecular weight excluding hydrogens is 388 g/mol. The van der Waals surface area contributed by atoms with Crippen molar-refractivity contribution in [2.24, 2.45) is 5.92 Å². The summed E-state index contributed by atoms with van der Waals surface area (Å²) >= 11 is 5.90. The van der Waals surface area contributed by atoms with Gasteiger partial charge in [0, 0.05) is 12.2 Å². The first-order valence-corrected chi connectivity index (χ1v) is 10.2. The number of ether oxygens (including phenoxy) is 2. The highest BCUT2D eigenvalue weighted by atomic mass is 32.1. The van der Waals surface area contributed by atoms with Crippen molar-refractivity contribution in [3.8, 4) is 5.75 Å². The molecule has 4 aliphatic rings. The zero-order valence-electron chi connectivity index (χ0n) is 16.0. The Morgan fingerprint density at radius 3 is 2.55 bits per heavy atom. The average Bonchev–Trinajstić information content (AvgIpc) is 3.03. The van der Waals surface area contributed by atoms with Crippen LogP contribution in [0.25, 0.3) is 0 Å². The first-order valence-electron chi connectivity index (χ1n) is 9.75. The van der Waals surface area contributed by atoms with Crippen LogP contribution in [0.1, 0.15) is 12.0 Å². The Labute approximate surface area is 174 Å². The number of rotatable bonds is 4. The Kier molecular flexibility index (Phi) is 4.44. The second-order valence-electron chi connectivity index (χ2n) is 7.76. The first-order chi connectivity index (χ1) is 14.1. The Morgan fingerprint density at radius 2 is 1.86 bits per heavy atom. The fraction of sp³-hybridized carbons (Fsp3) is 0.364. The first kappa shape index (κ1) is 18.4. The molecule has 0 amide bonds. The lowest BCUT2D eigenvalue weighted by molar-refractivity contribution is -0.194. The molecule has 5 atom stereocenters. The van der Waals surface area contributed by atoms with Crippen molar-refractivity contribution in [3.05, 3.63) is 60.2 Å². The summed E-state index contributed by atoms with van der Waals surface area (Å²) in [7, 11) is 1.64. The zero-order chi connectivity index (χ0) is 20.1. The Hall–Kier alpha value is -2.64. The molecule has 3 saturated heterocycles. The molecule has 7 heteroatoms. The van der Waals surface area contributed by atoms with Gasteiger partial charge in [0.2, 0.25) is 0 Å². The normalized spacial score (nSPS) is 30.3. The van der Waals surface area contributed by atoms with E-state index in [0.29, 0.717) is 18.1 Å². The third-order valence-electron chi connectivity index (χ3n) is 6.18. The number of hydrogen-bond acceptors (Lipinski definition) is 5. The predicted octanol–water partition coefficient (Wildman–Crippen LogP) is 2.35. The van der Waals surface area contributed by atoms with Crippen LogP contribution in [0.15, 0.2) is 54.6 Å². The highest BCUT2D eigenvalue weighted by Gasteiger charge is 2.62. The van der Waals surface area contributed by atoms with Crippen LogP contribution >= 0.6 is 12.2 Å². The number of anilines is 1. The van der Waals surface area contributed by atoms with Crippen molar-refractivity contribution in [1.29, 1.82) is 0 Å². The summed E-state index contributed by atoms with van der Waals surface area (Å²) in [5, 5.41) is 11.2. The van der Waals surface area contributed by atoms with Crippen LogP contribution in [0.3, 0.4) is 0 Å². The van der Waals surface area contributed by atoms with Crippen LogP contribution in [0.4, 0.5) is 5.69 Å². The molecule has 6 rings (SSSR count). The van der Waals surface area contributed by atoms with Crippen LogP contribution in [0, 0.1) is 5.92 Å². The van der Waals surface area contributed by atoms with E-state index >= 15 is 0 Å². The Morgan fingerprint density at radius 1 is 1.14 bits per heavy atom. The maximum Gasteiger partial charge on any atom is 0.311 e. The van der Waals surface area contributed by atoms with Crippen molar-refractivity contribution in [2.75, 3.05) is 12.0 Å². The molecule has 4 fully saturated rings. The molecule has 0 spiro atoms. The number of esters is 1. The van der Waals surface area contributed by atoms with Crippen LogP contribution in [-0.4, -0.2) is 52.5 Å². The topological polar surface area (TPSA) is 62.2 Å². The molecule has 29 heavy (non-hydrogen) atoms. The molecule has 1 aliphatic carbocycles. The van der Waals surface area contributed by atoms with Crippen molar-refractivity contribution in [3.63, 3.8) is 0 Å². The van der Waals surface area contributed by atoms with E-state index in [9.17, 15) is 9.90 Å². The van der Waals surface area contributed by atoms with Crippen LogP contribution in [0.5, 0.6) is 5.75 Å². The fourth-order valence-electron chi connectivity index (χ4n) is 4.86. The number of fused-ring (bicyclic) bond motifs is 2. The monoisotopic (exact) mass is 410 g/mol. The lowest BCUT2D eigenvalue weighted by atomic mass is 9.74. The van der Waals surface area contributed by atoms with Gasteiger partial charge in [0.25, 0.3) is 0 Å². The molecule has 2 aromatic rings. The number of carbonyl (C=O) groups is 1. The van der Waals surface area contributed by atoms with Gasteiger partial charge in [-0.25, -0.2) is 0 Å². The molecular formula is C22H22N2O4S. The number of benzene rings is 2. The summed E-state index contributed by atoms with van der Waals surface area (Å²) in [6, 6.07) is 17.4. The maximum atomic E-state index is 12.5. The van der Waals surface area contributed by atoms with Gasteiger partial charge in [0.1, 0.15) is 11.9 Å². The summed E-state index contributed by atoms with van der Waals surface area (Å²) in [5.74, 6) is 0.151. The van der Waals surface area contributed by atoms with E-state index in [-0.39, 0.29) is 18.1 Å². The van der Waals surface area contributed by atoms with E-state index in [2.05, 4.69) is 9.80 Å². The molecule has 150 valence electrons. The van der Waals surface area contributed by atoms with Gasteiger partial charge in [-0.2, -0.15) is 0 Å². The van der Waals surface area contributed by atoms with Crippen molar-refractivity contribution in [1.82, 2.24) is 4.90 Å². The van der Waals surface area contributed by atoms with Gasteiger partial charge in [-0.1, -0.05) is 30.3 Å². The fourth-order valence-corrected chi connectivity index (χ4v) is 5.27. The second kappa shape index (κ2) is 7.00. The van der Waals surface area contributed by atoms with Crippen molar-refractivity contribution < 1.29 is 19.4 Å². The average molecular weight is 410 g/mol. The number of para-hydroxylation sites is 1. The number of hydrogen-bond donors (Lipinski definition) is 1. The number of methoxy groups -OCH3 is 1. The van der Waals surface area contributed by atoms with Gasteiger partial charge in [0.05, 0.1) is 31.2 Å². The van der Waals surface area contributed by atoms with Crippen molar-refractivity contribution in [2.45, 2.75) is 37.3 Å². The zero-order valence-corrected chi connectivity index (χ0v) is 16.8. The van der Waals surface area contributed by atoms with Gasteiger partial charge in [-0.15, -0.1) is 0 Å². The van der Waals surface area contributed by atoms with Gasteiger partial charge in [-0.3, -0.25) is 4.79 Å². The standard InChI is InChI=1S/C22H22N2O4S/c1-27-15-9-7-13(8-10-15)12-23-19-18(16-11-17(25)20(19)28-21(16)26)24(22(23)29)14-5-3-2-4-6-14/h2-10,16-20,25H,11-12H2,1H3/t16-,17+,18+,19-,20-/m0/s1. The Balaban J connectivity index is 1.54. The van der Waals surface area contributed by atoms with Gasteiger partial charge < -0.3 is 24.4 Å². The van der Waals surface area contributed by atoms with E-state index in [1.165, 1.54) is 0 Å². The van der Waals surface area contributed by atoms with Crippen molar-refractivity contribution >= 4 is 29.0 Å². The highest BCUT2D eigenvalue weighted by Crippen LogP contribution is 2.46.